The van der Waals surface area contributed by atoms with Crippen LogP contribution in [0.4, 0.5) is 5.69 Å². The fourth-order valence-corrected chi connectivity index (χ4v) is 2.38. The lowest BCUT2D eigenvalue weighted by Crippen LogP contribution is -2.65. The van der Waals surface area contributed by atoms with E-state index in [-0.39, 0.29) is 16.7 Å². The Kier molecular flexibility index (Phi) is 5.94. The maximum atomic E-state index is 11.3. The second kappa shape index (κ2) is 7.75. The summed E-state index contributed by atoms with van der Waals surface area (Å²) in [4.78, 5) is 11.3. The van der Waals surface area contributed by atoms with Crippen molar-refractivity contribution in [1.82, 2.24) is 5.32 Å². The van der Waals surface area contributed by atoms with E-state index >= 15 is 0 Å². The zero-order valence-electron chi connectivity index (χ0n) is 12.8. The number of anilines is 1. The molecule has 1 aromatic rings. The molecule has 0 bridgehead atoms. The van der Waals surface area contributed by atoms with Crippen molar-refractivity contribution in [3.05, 3.63) is 29.5 Å². The Balaban J connectivity index is 2.22. The summed E-state index contributed by atoms with van der Waals surface area (Å²) < 4.78 is 10.9. The molecule has 0 saturated carbocycles. The topological polar surface area (TPSA) is 155 Å². The van der Waals surface area contributed by atoms with Gasteiger partial charge in [-0.2, -0.15) is 0 Å². The first-order valence-electron chi connectivity index (χ1n) is 7.16. The molecule has 1 aliphatic rings. The van der Waals surface area contributed by atoms with E-state index in [0.717, 1.165) is 0 Å². The van der Waals surface area contributed by atoms with Crippen molar-refractivity contribution in [2.24, 2.45) is 0 Å². The Bertz CT molecular complexity index is 569. The first-order valence-corrected chi connectivity index (χ1v) is 7.16. The lowest BCUT2D eigenvalue weighted by molar-refractivity contribution is -0.244. The van der Waals surface area contributed by atoms with Crippen molar-refractivity contribution >= 4 is 11.6 Å². The number of carbonyl (C=O) groups excluding carboxylic acids is 1. The average molecular weight is 343 g/mol. The highest BCUT2D eigenvalue weighted by Gasteiger charge is 2.46. The van der Waals surface area contributed by atoms with E-state index in [1.807, 2.05) is 0 Å². The summed E-state index contributed by atoms with van der Waals surface area (Å²) in [5.74, 6) is -0.372. The number of hydrogen-bond donors (Lipinski definition) is 5. The minimum absolute atomic E-state index is 0.0984. The van der Waals surface area contributed by atoms with Crippen LogP contribution < -0.4 is 15.3 Å². The molecule has 0 spiro atoms. The van der Waals surface area contributed by atoms with Gasteiger partial charge in [0.15, 0.2) is 0 Å². The number of carbonyl (C=O) groups is 1. The standard InChI is InChI=1S/C14H19N2O8/c1-7(18)15-11-13(20)12(19)10(6-17)24-14(11)23-9-4-2-3-8(5-9)16(21)22/h2-5,10-14,17,19-21H,6H2,1H3,(H,15,18)/q-1/t10-,11-,12-,13-,14-/m1/s1. The van der Waals surface area contributed by atoms with Crippen molar-refractivity contribution in [3.8, 4) is 5.75 Å². The van der Waals surface area contributed by atoms with Gasteiger partial charge in [0, 0.05) is 13.0 Å². The van der Waals surface area contributed by atoms with Crippen LogP contribution in [0.15, 0.2) is 24.3 Å². The number of benzene rings is 1. The molecule has 1 aromatic carbocycles. The summed E-state index contributed by atoms with van der Waals surface area (Å²) in [7, 11) is 0. The second-order valence-corrected chi connectivity index (χ2v) is 5.32. The van der Waals surface area contributed by atoms with Gasteiger partial charge in [-0.3, -0.25) is 10.0 Å². The van der Waals surface area contributed by atoms with E-state index in [1.54, 1.807) is 0 Å². The van der Waals surface area contributed by atoms with Crippen molar-refractivity contribution < 1.29 is 34.8 Å². The van der Waals surface area contributed by atoms with Gasteiger partial charge in [0.2, 0.25) is 12.2 Å². The Morgan fingerprint density at radius 1 is 1.42 bits per heavy atom. The molecule has 10 nitrogen and oxygen atoms in total. The fraction of sp³-hybridized carbons (Fsp3) is 0.500. The SMILES string of the molecule is CC(=O)N[C@H]1[C@H](Oc2cccc(N([O-])O)c2)O[C@H](CO)[C@@H](O)[C@@H]1O. The van der Waals surface area contributed by atoms with Gasteiger partial charge in [0.25, 0.3) is 0 Å². The van der Waals surface area contributed by atoms with Gasteiger partial charge < -0.3 is 40.5 Å². The van der Waals surface area contributed by atoms with Gasteiger partial charge in [-0.1, -0.05) is 6.07 Å². The number of ether oxygens (including phenoxy) is 2. The number of nitrogens with zero attached hydrogens (tertiary/aromatic N) is 1. The van der Waals surface area contributed by atoms with E-state index in [9.17, 15) is 25.3 Å². The van der Waals surface area contributed by atoms with Crippen LogP contribution in [-0.2, 0) is 9.53 Å². The summed E-state index contributed by atoms with van der Waals surface area (Å²) in [6.45, 7) is 0.645. The predicted molar refractivity (Wildman–Crippen MR) is 80.1 cm³/mol. The Morgan fingerprint density at radius 3 is 2.71 bits per heavy atom. The number of nitrogens with one attached hydrogen (secondary N) is 1. The summed E-state index contributed by atoms with van der Waals surface area (Å²) in [6.07, 6.45) is -5.22. The molecule has 24 heavy (non-hydrogen) atoms. The van der Waals surface area contributed by atoms with E-state index in [2.05, 4.69) is 5.32 Å². The van der Waals surface area contributed by atoms with Crippen LogP contribution >= 0.6 is 0 Å². The van der Waals surface area contributed by atoms with Gasteiger partial charge in [0.05, 0.1) is 12.3 Å². The molecular weight excluding hydrogens is 324 g/mol. The number of amides is 1. The first-order chi connectivity index (χ1) is 11.3. The zero-order chi connectivity index (χ0) is 17.9. The maximum Gasteiger partial charge on any atom is 0.223 e. The number of rotatable bonds is 5. The third-order valence-corrected chi connectivity index (χ3v) is 3.54. The molecule has 0 aliphatic carbocycles. The molecule has 1 aliphatic heterocycles. The molecule has 2 rings (SSSR count). The Labute approximate surface area is 137 Å². The molecule has 1 heterocycles. The Hall–Kier alpha value is -1.95. The van der Waals surface area contributed by atoms with Crippen molar-refractivity contribution in [3.63, 3.8) is 0 Å². The maximum absolute atomic E-state index is 11.3. The predicted octanol–water partition coefficient (Wildman–Crippen LogP) is -1.30. The highest BCUT2D eigenvalue weighted by molar-refractivity contribution is 5.73. The van der Waals surface area contributed by atoms with E-state index in [4.69, 9.17) is 14.7 Å². The molecule has 5 atom stereocenters. The highest BCUT2D eigenvalue weighted by atomic mass is 16.8. The smallest absolute Gasteiger partial charge is 0.223 e. The fourth-order valence-electron chi connectivity index (χ4n) is 2.38. The summed E-state index contributed by atoms with van der Waals surface area (Å²) in [5.41, 5.74) is -0.0984. The van der Waals surface area contributed by atoms with Crippen molar-refractivity contribution in [2.75, 3.05) is 11.8 Å². The van der Waals surface area contributed by atoms with Crippen LogP contribution in [0.5, 0.6) is 5.75 Å². The molecular formula is C14H19N2O8-. The molecule has 5 N–H and O–H groups in total. The largest absolute Gasteiger partial charge is 0.733 e. The minimum atomic E-state index is -1.44. The van der Waals surface area contributed by atoms with Crippen LogP contribution in [0.2, 0.25) is 0 Å². The van der Waals surface area contributed by atoms with Crippen LogP contribution in [-0.4, -0.2) is 63.7 Å². The molecule has 1 saturated heterocycles. The average Bonchev–Trinajstić information content (AvgIpc) is 2.54. The molecule has 0 radical (unpaired) electrons. The van der Waals surface area contributed by atoms with E-state index in [1.165, 1.54) is 31.2 Å². The van der Waals surface area contributed by atoms with Crippen molar-refractivity contribution in [2.45, 2.75) is 37.6 Å². The zero-order valence-corrected chi connectivity index (χ0v) is 12.8. The van der Waals surface area contributed by atoms with E-state index in [0.29, 0.717) is 0 Å². The molecule has 0 unspecified atom stereocenters. The number of aliphatic hydroxyl groups is 3. The molecule has 1 amide bonds. The summed E-state index contributed by atoms with van der Waals surface area (Å²) in [6, 6.07) is 4.35. The van der Waals surface area contributed by atoms with Gasteiger partial charge in [-0.05, 0) is 12.1 Å². The van der Waals surface area contributed by atoms with Crippen LogP contribution in [0.3, 0.4) is 0 Å². The molecule has 10 heteroatoms. The van der Waals surface area contributed by atoms with Gasteiger partial charge in [0.1, 0.15) is 30.1 Å². The van der Waals surface area contributed by atoms with Gasteiger partial charge >= 0.3 is 0 Å². The van der Waals surface area contributed by atoms with E-state index < -0.39 is 43.2 Å². The van der Waals surface area contributed by atoms with Gasteiger partial charge in [-0.25, -0.2) is 0 Å². The lowest BCUT2D eigenvalue weighted by Gasteiger charge is -2.42. The normalized spacial score (nSPS) is 29.8. The minimum Gasteiger partial charge on any atom is -0.733 e. The third-order valence-electron chi connectivity index (χ3n) is 3.54. The van der Waals surface area contributed by atoms with Crippen LogP contribution in [0.1, 0.15) is 6.92 Å². The number of hydrogen-bond acceptors (Lipinski definition) is 9. The summed E-state index contributed by atoms with van der Waals surface area (Å²) in [5, 5.41) is 51.2. The van der Waals surface area contributed by atoms with Crippen molar-refractivity contribution in [1.29, 1.82) is 0 Å². The quantitative estimate of drug-likeness (QED) is 0.410. The third kappa shape index (κ3) is 4.12. The highest BCUT2D eigenvalue weighted by Crippen LogP contribution is 2.26. The van der Waals surface area contributed by atoms with Gasteiger partial charge in [-0.15, -0.1) is 0 Å². The molecule has 134 valence electrons. The monoisotopic (exact) mass is 343 g/mol. The van der Waals surface area contributed by atoms with Crippen LogP contribution in [0, 0.1) is 5.21 Å². The lowest BCUT2D eigenvalue weighted by atomic mass is 9.97. The first kappa shape index (κ1) is 18.4. The Morgan fingerprint density at radius 2 is 2.12 bits per heavy atom. The molecule has 0 aromatic heterocycles. The number of aliphatic hydroxyl groups excluding tert-OH is 3. The van der Waals surface area contributed by atoms with Crippen LogP contribution in [0.25, 0.3) is 0 Å². The summed E-state index contributed by atoms with van der Waals surface area (Å²) >= 11 is 0. The molecule has 1 fully saturated rings. The second-order valence-electron chi connectivity index (χ2n) is 5.32.